The topological polar surface area (TPSA) is 95.5 Å². The Morgan fingerprint density at radius 3 is 2.78 bits per heavy atom. The smallest absolute Gasteiger partial charge is 0.271 e. The minimum atomic E-state index is -3.70. The first-order chi connectivity index (χ1) is 12.9. The summed E-state index contributed by atoms with van der Waals surface area (Å²) in [5, 5.41) is 15.4. The zero-order valence-electron chi connectivity index (χ0n) is 14.8. The van der Waals surface area contributed by atoms with Gasteiger partial charge in [-0.25, -0.2) is 8.42 Å². The molecular formula is C18H22N2O4S3. The Morgan fingerprint density at radius 1 is 1.30 bits per heavy atom. The Hall–Kier alpha value is -1.71. The molecule has 1 fully saturated rings. The molecule has 2 aromatic rings. The number of amides is 1. The van der Waals surface area contributed by atoms with Crippen LogP contribution in [0.15, 0.2) is 39.9 Å². The second-order valence-electron chi connectivity index (χ2n) is 6.46. The minimum absolute atomic E-state index is 0.0973. The van der Waals surface area contributed by atoms with Crippen LogP contribution in [0.4, 0.5) is 5.69 Å². The summed E-state index contributed by atoms with van der Waals surface area (Å²) in [7, 11) is -3.70. The number of rotatable bonds is 6. The molecule has 0 aliphatic heterocycles. The fraction of sp³-hybridized carbons (Fsp3) is 0.389. The van der Waals surface area contributed by atoms with Crippen LogP contribution in [-0.4, -0.2) is 37.0 Å². The number of carbonyl (C=O) groups excluding carboxylic acids is 1. The third kappa shape index (κ3) is 4.97. The first-order valence-corrected chi connectivity index (χ1v) is 12.3. The Balaban J connectivity index is 1.68. The van der Waals surface area contributed by atoms with E-state index in [1.54, 1.807) is 11.4 Å². The van der Waals surface area contributed by atoms with E-state index in [0.29, 0.717) is 5.25 Å². The second kappa shape index (κ2) is 8.53. The van der Waals surface area contributed by atoms with Gasteiger partial charge in [-0.05, 0) is 49.1 Å². The summed E-state index contributed by atoms with van der Waals surface area (Å²) in [4.78, 5) is 12.5. The number of nitrogens with one attached hydrogen (secondary N) is 2. The van der Waals surface area contributed by atoms with E-state index in [0.717, 1.165) is 37.0 Å². The van der Waals surface area contributed by atoms with Gasteiger partial charge in [0.2, 0.25) is 0 Å². The fourth-order valence-corrected chi connectivity index (χ4v) is 6.03. The van der Waals surface area contributed by atoms with Crippen molar-refractivity contribution in [2.45, 2.75) is 41.2 Å². The summed E-state index contributed by atoms with van der Waals surface area (Å²) >= 11 is 2.92. The van der Waals surface area contributed by atoms with Crippen molar-refractivity contribution >= 4 is 44.7 Å². The number of aromatic hydroxyl groups is 1. The molecule has 0 bridgehead atoms. The lowest BCUT2D eigenvalue weighted by Gasteiger charge is -2.28. The van der Waals surface area contributed by atoms with Gasteiger partial charge in [0.15, 0.2) is 0 Å². The number of hydrogen-bond donors (Lipinski definition) is 3. The maximum atomic E-state index is 12.5. The van der Waals surface area contributed by atoms with Crippen molar-refractivity contribution in [1.82, 2.24) is 5.32 Å². The van der Waals surface area contributed by atoms with Crippen LogP contribution in [0, 0.1) is 0 Å². The molecule has 0 spiro atoms. The summed E-state index contributed by atoms with van der Waals surface area (Å²) in [6.07, 6.45) is 6.18. The molecule has 3 rings (SSSR count). The molecule has 1 aromatic carbocycles. The summed E-state index contributed by atoms with van der Waals surface area (Å²) < 4.78 is 27.1. The highest BCUT2D eigenvalue weighted by Gasteiger charge is 2.24. The van der Waals surface area contributed by atoms with Gasteiger partial charge in [-0.1, -0.05) is 12.5 Å². The third-order valence-corrected chi connectivity index (χ3v) is 8.42. The van der Waals surface area contributed by atoms with Gasteiger partial charge in [-0.3, -0.25) is 9.52 Å². The van der Waals surface area contributed by atoms with E-state index in [1.807, 2.05) is 11.8 Å². The first-order valence-electron chi connectivity index (χ1n) is 8.62. The van der Waals surface area contributed by atoms with Gasteiger partial charge in [0.25, 0.3) is 15.9 Å². The number of anilines is 1. The maximum Gasteiger partial charge on any atom is 0.271 e. The summed E-state index contributed by atoms with van der Waals surface area (Å²) in [5.41, 5.74) is 0.345. The molecule has 9 heteroatoms. The molecule has 0 unspecified atom stereocenters. The average molecular weight is 427 g/mol. The van der Waals surface area contributed by atoms with Crippen LogP contribution in [0.3, 0.4) is 0 Å². The van der Waals surface area contributed by atoms with E-state index in [1.165, 1.54) is 24.3 Å². The summed E-state index contributed by atoms with van der Waals surface area (Å²) in [5.74, 6) is -0.594. The molecule has 1 saturated carbocycles. The molecule has 1 heterocycles. The molecule has 1 aromatic heterocycles. The molecule has 0 radical (unpaired) electrons. The van der Waals surface area contributed by atoms with Crippen LogP contribution >= 0.6 is 23.1 Å². The van der Waals surface area contributed by atoms with E-state index in [4.69, 9.17) is 0 Å². The zero-order valence-corrected chi connectivity index (χ0v) is 17.3. The quantitative estimate of drug-likeness (QED) is 0.655. The van der Waals surface area contributed by atoms with Gasteiger partial charge >= 0.3 is 0 Å². The average Bonchev–Trinajstić information content (AvgIpc) is 3.17. The number of thioether (sulfide) groups is 1. The van der Waals surface area contributed by atoms with Gasteiger partial charge < -0.3 is 10.4 Å². The van der Waals surface area contributed by atoms with Crippen molar-refractivity contribution in [3.63, 3.8) is 0 Å². The normalized spacial score (nSPS) is 20.2. The fourth-order valence-electron chi connectivity index (χ4n) is 3.16. The Morgan fingerprint density at radius 2 is 2.11 bits per heavy atom. The molecule has 2 atom stereocenters. The molecular weight excluding hydrogens is 404 g/mol. The lowest BCUT2D eigenvalue weighted by atomic mass is 9.94. The minimum Gasteiger partial charge on any atom is -0.507 e. The molecule has 1 amide bonds. The monoisotopic (exact) mass is 426 g/mol. The van der Waals surface area contributed by atoms with E-state index in [9.17, 15) is 18.3 Å². The number of sulfonamides is 1. The molecule has 0 saturated heterocycles. The van der Waals surface area contributed by atoms with E-state index in [2.05, 4.69) is 16.3 Å². The van der Waals surface area contributed by atoms with Crippen molar-refractivity contribution in [3.8, 4) is 5.75 Å². The van der Waals surface area contributed by atoms with Gasteiger partial charge in [0.1, 0.15) is 9.96 Å². The van der Waals surface area contributed by atoms with E-state index >= 15 is 0 Å². The maximum absolute atomic E-state index is 12.5. The first kappa shape index (κ1) is 20.0. The summed E-state index contributed by atoms with van der Waals surface area (Å²) in [6, 6.07) is 7.42. The van der Waals surface area contributed by atoms with Gasteiger partial charge in [0.05, 0.1) is 11.3 Å². The number of hydrogen-bond acceptors (Lipinski definition) is 6. The van der Waals surface area contributed by atoms with Gasteiger partial charge in [-0.15, -0.1) is 11.3 Å². The number of benzene rings is 1. The SMILES string of the molecule is CS[C@H]1CCC[C@@H](NC(=O)c2ccc(NS(=O)(=O)c3cccs3)cc2O)C1. The second-order valence-corrected chi connectivity index (χ2v) is 10.5. The van der Waals surface area contributed by atoms with Gasteiger partial charge in [-0.2, -0.15) is 11.8 Å². The predicted molar refractivity (Wildman–Crippen MR) is 110 cm³/mol. The van der Waals surface area contributed by atoms with Gasteiger partial charge in [0, 0.05) is 17.4 Å². The Kier molecular flexibility index (Phi) is 6.33. The predicted octanol–water partition coefficient (Wildman–Crippen LogP) is 3.66. The van der Waals surface area contributed by atoms with Crippen molar-refractivity contribution < 1.29 is 18.3 Å². The highest BCUT2D eigenvalue weighted by atomic mass is 32.2. The standard InChI is InChI=1S/C18H22N2O4S3/c1-25-14-5-2-4-12(10-14)19-18(22)15-8-7-13(11-16(15)21)20-27(23,24)17-6-3-9-26-17/h3,6-9,11-12,14,20-21H,2,4-5,10H2,1H3,(H,19,22)/t12-,14+/m1/s1. The van der Waals surface area contributed by atoms with Crippen LogP contribution in [0.5, 0.6) is 5.75 Å². The van der Waals surface area contributed by atoms with E-state index in [-0.39, 0.29) is 33.2 Å². The van der Waals surface area contributed by atoms with Crippen molar-refractivity contribution in [2.75, 3.05) is 11.0 Å². The molecule has 1 aliphatic rings. The number of carbonyl (C=O) groups is 1. The largest absolute Gasteiger partial charge is 0.507 e. The molecule has 146 valence electrons. The van der Waals surface area contributed by atoms with E-state index < -0.39 is 10.0 Å². The molecule has 27 heavy (non-hydrogen) atoms. The van der Waals surface area contributed by atoms with Crippen molar-refractivity contribution in [1.29, 1.82) is 0 Å². The van der Waals surface area contributed by atoms with Crippen LogP contribution in [0.2, 0.25) is 0 Å². The summed E-state index contributed by atoms with van der Waals surface area (Å²) in [6.45, 7) is 0. The third-order valence-electron chi connectivity index (χ3n) is 4.55. The molecule has 1 aliphatic carbocycles. The van der Waals surface area contributed by atoms with Crippen LogP contribution in [0.1, 0.15) is 36.0 Å². The van der Waals surface area contributed by atoms with Crippen LogP contribution in [0.25, 0.3) is 0 Å². The van der Waals surface area contributed by atoms with Crippen molar-refractivity contribution in [3.05, 3.63) is 41.3 Å². The lowest BCUT2D eigenvalue weighted by Crippen LogP contribution is -2.39. The zero-order chi connectivity index (χ0) is 19.4. The molecule has 3 N–H and O–H groups in total. The van der Waals surface area contributed by atoms with Crippen LogP contribution < -0.4 is 10.0 Å². The van der Waals surface area contributed by atoms with Crippen LogP contribution in [-0.2, 0) is 10.0 Å². The highest BCUT2D eigenvalue weighted by Crippen LogP contribution is 2.29. The molecule has 6 nitrogen and oxygen atoms in total. The highest BCUT2D eigenvalue weighted by molar-refractivity contribution is 7.99. The number of phenols is 1. The number of phenolic OH excluding ortho intramolecular Hbond substituents is 1. The lowest BCUT2D eigenvalue weighted by molar-refractivity contribution is 0.0926. The Labute approximate surface area is 167 Å². The van der Waals surface area contributed by atoms with Crippen molar-refractivity contribution in [2.24, 2.45) is 0 Å². The Bertz CT molecular complexity index is 897. The number of thiophene rings is 1.